The fourth-order valence-corrected chi connectivity index (χ4v) is 1.76. The molecule has 2 nitrogen and oxygen atoms in total. The first-order valence-electron chi connectivity index (χ1n) is 5.52. The van der Waals surface area contributed by atoms with Crippen molar-refractivity contribution >= 4 is 0 Å². The van der Waals surface area contributed by atoms with Gasteiger partial charge in [0.05, 0.1) is 6.61 Å². The minimum atomic E-state index is 0.226. The average molecular weight is 187 g/mol. The molecule has 0 aliphatic carbocycles. The predicted molar refractivity (Wildman–Crippen MR) is 57.8 cm³/mol. The molecular weight excluding hydrogens is 162 g/mol. The SMILES string of the molecule is CCCC(C)C(CC)NC(C)CO. The second-order valence-electron chi connectivity index (χ2n) is 4.03. The Balaban J connectivity index is 3.86. The Morgan fingerprint density at radius 1 is 1.23 bits per heavy atom. The maximum absolute atomic E-state index is 8.93. The van der Waals surface area contributed by atoms with Crippen molar-refractivity contribution in [1.82, 2.24) is 5.32 Å². The third-order valence-electron chi connectivity index (χ3n) is 2.64. The van der Waals surface area contributed by atoms with Crippen LogP contribution in [0.3, 0.4) is 0 Å². The molecule has 80 valence electrons. The van der Waals surface area contributed by atoms with Gasteiger partial charge in [-0.05, 0) is 25.7 Å². The number of aliphatic hydroxyl groups excluding tert-OH is 1. The van der Waals surface area contributed by atoms with E-state index in [0.29, 0.717) is 12.0 Å². The highest BCUT2D eigenvalue weighted by Crippen LogP contribution is 2.13. The number of rotatable bonds is 7. The van der Waals surface area contributed by atoms with Crippen LogP contribution < -0.4 is 5.32 Å². The summed E-state index contributed by atoms with van der Waals surface area (Å²) in [5.74, 6) is 0.712. The van der Waals surface area contributed by atoms with Gasteiger partial charge in [0, 0.05) is 12.1 Å². The van der Waals surface area contributed by atoms with E-state index in [1.807, 2.05) is 6.92 Å². The molecule has 0 bridgehead atoms. The summed E-state index contributed by atoms with van der Waals surface area (Å²) in [6.07, 6.45) is 3.65. The van der Waals surface area contributed by atoms with Crippen molar-refractivity contribution < 1.29 is 5.11 Å². The minimum absolute atomic E-state index is 0.226. The fourth-order valence-electron chi connectivity index (χ4n) is 1.76. The lowest BCUT2D eigenvalue weighted by molar-refractivity contribution is 0.221. The van der Waals surface area contributed by atoms with Crippen molar-refractivity contribution in [3.05, 3.63) is 0 Å². The zero-order chi connectivity index (χ0) is 10.3. The summed E-state index contributed by atoms with van der Waals surface area (Å²) in [6.45, 7) is 8.97. The topological polar surface area (TPSA) is 32.3 Å². The largest absolute Gasteiger partial charge is 0.395 e. The van der Waals surface area contributed by atoms with E-state index in [4.69, 9.17) is 5.11 Å². The Morgan fingerprint density at radius 3 is 2.23 bits per heavy atom. The lowest BCUT2D eigenvalue weighted by Gasteiger charge is -2.26. The first-order chi connectivity index (χ1) is 6.15. The Kier molecular flexibility index (Phi) is 7.29. The molecule has 13 heavy (non-hydrogen) atoms. The van der Waals surface area contributed by atoms with Crippen LogP contribution >= 0.6 is 0 Å². The van der Waals surface area contributed by atoms with Crippen LogP contribution in [-0.4, -0.2) is 23.8 Å². The van der Waals surface area contributed by atoms with E-state index < -0.39 is 0 Å². The maximum Gasteiger partial charge on any atom is 0.0582 e. The van der Waals surface area contributed by atoms with Gasteiger partial charge in [-0.15, -0.1) is 0 Å². The highest BCUT2D eigenvalue weighted by Gasteiger charge is 2.15. The normalized spacial score (nSPS) is 18.2. The standard InChI is InChI=1S/C11H25NO/c1-5-7-9(3)11(6-2)12-10(4)8-13/h9-13H,5-8H2,1-4H3. The van der Waals surface area contributed by atoms with Crippen LogP contribution in [0.4, 0.5) is 0 Å². The predicted octanol–water partition coefficient (Wildman–Crippen LogP) is 2.17. The van der Waals surface area contributed by atoms with Crippen molar-refractivity contribution in [3.63, 3.8) is 0 Å². The first kappa shape index (κ1) is 12.9. The van der Waals surface area contributed by atoms with Crippen molar-refractivity contribution in [3.8, 4) is 0 Å². The van der Waals surface area contributed by atoms with Gasteiger partial charge in [0.2, 0.25) is 0 Å². The highest BCUT2D eigenvalue weighted by molar-refractivity contribution is 4.74. The van der Waals surface area contributed by atoms with E-state index in [1.165, 1.54) is 12.8 Å². The highest BCUT2D eigenvalue weighted by atomic mass is 16.3. The van der Waals surface area contributed by atoms with Crippen molar-refractivity contribution in [2.75, 3.05) is 6.61 Å². The monoisotopic (exact) mass is 187 g/mol. The third kappa shape index (κ3) is 5.27. The lowest BCUT2D eigenvalue weighted by atomic mass is 9.94. The quantitative estimate of drug-likeness (QED) is 0.640. The zero-order valence-electron chi connectivity index (χ0n) is 9.51. The van der Waals surface area contributed by atoms with Gasteiger partial charge in [-0.25, -0.2) is 0 Å². The van der Waals surface area contributed by atoms with Crippen LogP contribution in [0.1, 0.15) is 47.0 Å². The summed E-state index contributed by atoms with van der Waals surface area (Å²) < 4.78 is 0. The van der Waals surface area contributed by atoms with Gasteiger partial charge in [-0.1, -0.05) is 27.2 Å². The zero-order valence-corrected chi connectivity index (χ0v) is 9.51. The molecule has 0 rings (SSSR count). The second kappa shape index (κ2) is 7.34. The van der Waals surface area contributed by atoms with Crippen LogP contribution in [0.25, 0.3) is 0 Å². The molecule has 0 saturated heterocycles. The number of aliphatic hydroxyl groups is 1. The van der Waals surface area contributed by atoms with Crippen LogP contribution in [0.5, 0.6) is 0 Å². The van der Waals surface area contributed by atoms with Gasteiger partial charge in [0.1, 0.15) is 0 Å². The van der Waals surface area contributed by atoms with Gasteiger partial charge < -0.3 is 10.4 Å². The van der Waals surface area contributed by atoms with Crippen molar-refractivity contribution in [2.24, 2.45) is 5.92 Å². The number of hydrogen-bond acceptors (Lipinski definition) is 2. The molecule has 0 saturated carbocycles. The summed E-state index contributed by atoms with van der Waals surface area (Å²) in [6, 6.07) is 0.784. The molecule has 0 aromatic rings. The van der Waals surface area contributed by atoms with Crippen LogP contribution in [0.2, 0.25) is 0 Å². The Labute approximate surface area is 82.7 Å². The van der Waals surface area contributed by atoms with Crippen LogP contribution in [0, 0.1) is 5.92 Å². The van der Waals surface area contributed by atoms with Crippen molar-refractivity contribution in [2.45, 2.75) is 59.0 Å². The molecule has 0 heterocycles. The number of hydrogen-bond donors (Lipinski definition) is 2. The summed E-state index contributed by atoms with van der Waals surface area (Å²) in [5, 5.41) is 12.4. The lowest BCUT2D eigenvalue weighted by Crippen LogP contribution is -2.42. The van der Waals surface area contributed by atoms with E-state index in [2.05, 4.69) is 26.1 Å². The van der Waals surface area contributed by atoms with Gasteiger partial charge >= 0.3 is 0 Å². The second-order valence-corrected chi connectivity index (χ2v) is 4.03. The van der Waals surface area contributed by atoms with Gasteiger partial charge in [-0.3, -0.25) is 0 Å². The number of nitrogens with one attached hydrogen (secondary N) is 1. The van der Waals surface area contributed by atoms with E-state index in [-0.39, 0.29) is 12.6 Å². The molecule has 2 N–H and O–H groups in total. The Morgan fingerprint density at radius 2 is 1.85 bits per heavy atom. The van der Waals surface area contributed by atoms with Crippen molar-refractivity contribution in [1.29, 1.82) is 0 Å². The maximum atomic E-state index is 8.93. The summed E-state index contributed by atoms with van der Waals surface area (Å²) in [7, 11) is 0. The molecule has 0 radical (unpaired) electrons. The molecule has 0 aliphatic heterocycles. The smallest absolute Gasteiger partial charge is 0.0582 e. The van der Waals surface area contributed by atoms with Gasteiger partial charge in [0.15, 0.2) is 0 Å². The fraction of sp³-hybridized carbons (Fsp3) is 1.00. The molecule has 3 unspecified atom stereocenters. The van der Waals surface area contributed by atoms with Gasteiger partial charge in [-0.2, -0.15) is 0 Å². The molecule has 0 aromatic heterocycles. The van der Waals surface area contributed by atoms with Crippen LogP contribution in [0.15, 0.2) is 0 Å². The molecule has 0 aromatic carbocycles. The molecule has 0 aliphatic rings. The molecule has 0 fully saturated rings. The van der Waals surface area contributed by atoms with Gasteiger partial charge in [0.25, 0.3) is 0 Å². The Hall–Kier alpha value is -0.0800. The van der Waals surface area contributed by atoms with E-state index >= 15 is 0 Å². The molecular formula is C11H25NO. The molecule has 3 atom stereocenters. The summed E-state index contributed by atoms with van der Waals surface area (Å²) >= 11 is 0. The van der Waals surface area contributed by atoms with E-state index in [9.17, 15) is 0 Å². The summed E-state index contributed by atoms with van der Waals surface area (Å²) in [5.41, 5.74) is 0. The molecule has 0 amide bonds. The van der Waals surface area contributed by atoms with Crippen LogP contribution in [-0.2, 0) is 0 Å². The first-order valence-corrected chi connectivity index (χ1v) is 5.52. The van der Waals surface area contributed by atoms with E-state index in [0.717, 1.165) is 6.42 Å². The Bertz CT molecular complexity index is 117. The van der Waals surface area contributed by atoms with E-state index in [1.54, 1.807) is 0 Å². The average Bonchev–Trinajstić information content (AvgIpc) is 2.14. The third-order valence-corrected chi connectivity index (χ3v) is 2.64. The summed E-state index contributed by atoms with van der Waals surface area (Å²) in [4.78, 5) is 0. The molecule has 2 heteroatoms. The minimum Gasteiger partial charge on any atom is -0.395 e. The molecule has 0 spiro atoms.